The summed E-state index contributed by atoms with van der Waals surface area (Å²) in [7, 11) is 1.53. The Kier molecular flexibility index (Phi) is 4.65. The molecule has 0 aromatic heterocycles. The van der Waals surface area contributed by atoms with Gasteiger partial charge in [0.2, 0.25) is 0 Å². The van der Waals surface area contributed by atoms with E-state index in [9.17, 15) is 15.3 Å². The van der Waals surface area contributed by atoms with Gasteiger partial charge in [0.25, 0.3) is 0 Å². The van der Waals surface area contributed by atoms with E-state index in [4.69, 9.17) is 4.74 Å². The Morgan fingerprint density at radius 1 is 1.14 bits per heavy atom. The summed E-state index contributed by atoms with van der Waals surface area (Å²) in [6.07, 6.45) is 0.852. The number of aliphatic hydroxyl groups excluding tert-OH is 1. The molecule has 0 saturated heterocycles. The third-order valence-electron chi connectivity index (χ3n) is 5.65. The van der Waals surface area contributed by atoms with Gasteiger partial charge in [0.1, 0.15) is 17.2 Å². The summed E-state index contributed by atoms with van der Waals surface area (Å²) in [5.41, 5.74) is 4.01. The molecule has 0 bridgehead atoms. The summed E-state index contributed by atoms with van der Waals surface area (Å²) < 4.78 is 5.45. The summed E-state index contributed by atoms with van der Waals surface area (Å²) in [4.78, 5) is 0. The molecule has 3 aromatic carbocycles. The monoisotopic (exact) mass is 379 g/mol. The van der Waals surface area contributed by atoms with E-state index in [2.05, 4.69) is 18.3 Å². The number of rotatable bonds is 3. The maximum Gasteiger partial charge on any atom is 0.130 e. The molecular formula is C23H25NO4. The molecule has 0 radical (unpaired) electrons. The quantitative estimate of drug-likeness (QED) is 0.553. The maximum absolute atomic E-state index is 11.2. The number of hydrogen-bond acceptors (Lipinski definition) is 5. The molecule has 1 aliphatic rings. The fraction of sp³-hybridized carbons (Fsp3) is 0.304. The molecule has 0 aliphatic carbocycles. The number of ether oxygens (including phenoxy) is 1. The SMILES string of the molecule is COc1cc(CO)c(-c2ccc3c(c2O)C(C)N[C@H](C)C3)c2cccc(O)c12. The van der Waals surface area contributed by atoms with E-state index < -0.39 is 0 Å². The number of benzene rings is 3. The van der Waals surface area contributed by atoms with Crippen molar-refractivity contribution in [2.45, 2.75) is 39.0 Å². The highest BCUT2D eigenvalue weighted by atomic mass is 16.5. The highest BCUT2D eigenvalue weighted by Crippen LogP contribution is 2.46. The average molecular weight is 379 g/mol. The van der Waals surface area contributed by atoms with Crippen LogP contribution in [-0.2, 0) is 13.0 Å². The van der Waals surface area contributed by atoms with Gasteiger partial charge in [-0.15, -0.1) is 0 Å². The number of aromatic hydroxyl groups is 2. The van der Waals surface area contributed by atoms with Crippen molar-refractivity contribution in [3.8, 4) is 28.4 Å². The lowest BCUT2D eigenvalue weighted by Gasteiger charge is -2.31. The Morgan fingerprint density at radius 2 is 1.93 bits per heavy atom. The molecule has 4 rings (SSSR count). The van der Waals surface area contributed by atoms with E-state index in [1.54, 1.807) is 18.2 Å². The number of aliphatic hydroxyl groups is 1. The Bertz CT molecular complexity index is 1060. The minimum atomic E-state index is -0.210. The van der Waals surface area contributed by atoms with Gasteiger partial charge in [-0.05, 0) is 54.5 Å². The van der Waals surface area contributed by atoms with E-state index in [0.717, 1.165) is 22.9 Å². The fourth-order valence-electron chi connectivity index (χ4n) is 4.50. The summed E-state index contributed by atoms with van der Waals surface area (Å²) in [6.45, 7) is 3.97. The van der Waals surface area contributed by atoms with E-state index in [1.807, 2.05) is 19.1 Å². The van der Waals surface area contributed by atoms with Crippen LogP contribution in [0.5, 0.6) is 17.2 Å². The van der Waals surface area contributed by atoms with Crippen LogP contribution in [-0.4, -0.2) is 28.5 Å². The molecule has 0 spiro atoms. The smallest absolute Gasteiger partial charge is 0.130 e. The molecule has 1 aliphatic heterocycles. The zero-order valence-electron chi connectivity index (χ0n) is 16.3. The Hall–Kier alpha value is -2.76. The largest absolute Gasteiger partial charge is 0.507 e. The van der Waals surface area contributed by atoms with Crippen molar-refractivity contribution in [2.75, 3.05) is 7.11 Å². The molecule has 28 heavy (non-hydrogen) atoms. The standard InChI is InChI=1S/C23H25NO4/c1-12-9-14-7-8-17(23(27)20(14)13(2)24-12)21-15(11-25)10-19(28-3)22-16(21)5-4-6-18(22)26/h4-8,10,12-13,24-27H,9,11H2,1-3H3/t12-,13?/m1/s1. The van der Waals surface area contributed by atoms with Gasteiger partial charge in [-0.1, -0.05) is 24.3 Å². The van der Waals surface area contributed by atoms with Gasteiger partial charge in [-0.2, -0.15) is 0 Å². The second kappa shape index (κ2) is 7.00. The molecule has 4 N–H and O–H groups in total. The summed E-state index contributed by atoms with van der Waals surface area (Å²) in [6, 6.07) is 11.3. The van der Waals surface area contributed by atoms with Crippen LogP contribution >= 0.6 is 0 Å². The van der Waals surface area contributed by atoms with Crippen LogP contribution in [0.25, 0.3) is 21.9 Å². The second-order valence-corrected chi connectivity index (χ2v) is 7.50. The first-order chi connectivity index (χ1) is 13.5. The Morgan fingerprint density at radius 3 is 2.64 bits per heavy atom. The van der Waals surface area contributed by atoms with Gasteiger partial charge >= 0.3 is 0 Å². The van der Waals surface area contributed by atoms with Crippen LogP contribution in [0.15, 0.2) is 36.4 Å². The van der Waals surface area contributed by atoms with Crippen molar-refractivity contribution in [1.82, 2.24) is 5.32 Å². The molecule has 146 valence electrons. The minimum Gasteiger partial charge on any atom is -0.507 e. The summed E-state index contributed by atoms with van der Waals surface area (Å²) in [5.74, 6) is 0.803. The first kappa shape index (κ1) is 18.6. The molecule has 2 atom stereocenters. The van der Waals surface area contributed by atoms with E-state index in [1.165, 1.54) is 7.11 Å². The van der Waals surface area contributed by atoms with E-state index in [-0.39, 0.29) is 24.1 Å². The number of methoxy groups -OCH3 is 1. The second-order valence-electron chi connectivity index (χ2n) is 7.50. The van der Waals surface area contributed by atoms with Gasteiger partial charge in [0.15, 0.2) is 0 Å². The molecule has 0 saturated carbocycles. The van der Waals surface area contributed by atoms with Crippen LogP contribution < -0.4 is 10.1 Å². The van der Waals surface area contributed by atoms with Crippen molar-refractivity contribution in [1.29, 1.82) is 0 Å². The normalized spacial score (nSPS) is 18.9. The van der Waals surface area contributed by atoms with Crippen LogP contribution in [0, 0.1) is 0 Å². The predicted octanol–water partition coefficient (Wildman–Crippen LogP) is 4.01. The first-order valence-electron chi connectivity index (χ1n) is 9.49. The number of phenols is 2. The van der Waals surface area contributed by atoms with Crippen LogP contribution in [0.2, 0.25) is 0 Å². The predicted molar refractivity (Wildman–Crippen MR) is 110 cm³/mol. The van der Waals surface area contributed by atoms with Gasteiger partial charge in [-0.3, -0.25) is 0 Å². The Balaban J connectivity index is 2.06. The molecule has 0 fully saturated rings. The molecular weight excluding hydrogens is 354 g/mol. The molecule has 0 amide bonds. The summed E-state index contributed by atoms with van der Waals surface area (Å²) in [5, 5.41) is 36.4. The number of phenolic OH excluding ortho intramolecular Hbond substituents is 2. The lowest BCUT2D eigenvalue weighted by atomic mass is 9.85. The lowest BCUT2D eigenvalue weighted by molar-refractivity contribution is 0.281. The third kappa shape index (κ3) is 2.79. The van der Waals surface area contributed by atoms with Crippen molar-refractivity contribution in [3.63, 3.8) is 0 Å². The van der Waals surface area contributed by atoms with Crippen LogP contribution in [0.4, 0.5) is 0 Å². The molecule has 5 heteroatoms. The van der Waals surface area contributed by atoms with Gasteiger partial charge in [0, 0.05) is 23.2 Å². The first-order valence-corrected chi connectivity index (χ1v) is 9.49. The highest BCUT2D eigenvalue weighted by Gasteiger charge is 2.27. The maximum atomic E-state index is 11.2. The third-order valence-corrected chi connectivity index (χ3v) is 5.65. The molecule has 1 heterocycles. The molecule has 1 unspecified atom stereocenters. The van der Waals surface area contributed by atoms with Crippen molar-refractivity contribution in [2.24, 2.45) is 0 Å². The number of fused-ring (bicyclic) bond motifs is 2. The number of nitrogens with one attached hydrogen (secondary N) is 1. The van der Waals surface area contributed by atoms with Crippen molar-refractivity contribution in [3.05, 3.63) is 53.1 Å². The molecule has 3 aromatic rings. The average Bonchev–Trinajstić information content (AvgIpc) is 2.67. The van der Waals surface area contributed by atoms with Crippen LogP contribution in [0.1, 0.15) is 36.6 Å². The van der Waals surface area contributed by atoms with Crippen molar-refractivity contribution < 1.29 is 20.1 Å². The zero-order valence-corrected chi connectivity index (χ0v) is 16.3. The van der Waals surface area contributed by atoms with Gasteiger partial charge < -0.3 is 25.4 Å². The fourth-order valence-corrected chi connectivity index (χ4v) is 4.50. The van der Waals surface area contributed by atoms with Crippen molar-refractivity contribution >= 4 is 10.8 Å². The molecule has 5 nitrogen and oxygen atoms in total. The van der Waals surface area contributed by atoms with Gasteiger partial charge in [0.05, 0.1) is 19.1 Å². The Labute approximate surface area is 164 Å². The summed E-state index contributed by atoms with van der Waals surface area (Å²) >= 11 is 0. The zero-order chi connectivity index (χ0) is 20.0. The van der Waals surface area contributed by atoms with E-state index >= 15 is 0 Å². The van der Waals surface area contributed by atoms with Crippen LogP contribution in [0.3, 0.4) is 0 Å². The number of hydrogen-bond donors (Lipinski definition) is 4. The minimum absolute atomic E-state index is 0.0224. The highest BCUT2D eigenvalue weighted by molar-refractivity contribution is 6.05. The van der Waals surface area contributed by atoms with E-state index in [0.29, 0.717) is 33.9 Å². The van der Waals surface area contributed by atoms with Gasteiger partial charge in [-0.25, -0.2) is 0 Å². The topological polar surface area (TPSA) is 82.0 Å². The lowest BCUT2D eigenvalue weighted by Crippen LogP contribution is -2.36.